The number of ether oxygens (including phenoxy) is 3. The second kappa shape index (κ2) is 37.2. The van der Waals surface area contributed by atoms with Gasteiger partial charge in [-0.15, -0.1) is 0 Å². The summed E-state index contributed by atoms with van der Waals surface area (Å²) < 4.78 is 16.1. The van der Waals surface area contributed by atoms with Crippen LogP contribution in [0.5, 0.6) is 0 Å². The number of unbranched alkanes of at least 4 members (excludes halogenated alkanes) is 4. The minimum Gasteiger partial charge on any atom is -0.481 e. The van der Waals surface area contributed by atoms with Crippen LogP contribution in [0, 0.1) is 0 Å². The molecule has 0 aromatic heterocycles. The van der Waals surface area contributed by atoms with Gasteiger partial charge in [-0.3, -0.25) is 19.2 Å². The minimum atomic E-state index is -1.52. The van der Waals surface area contributed by atoms with Crippen LogP contribution in [0.1, 0.15) is 98.8 Å². The maximum atomic E-state index is 12.1. The fourth-order valence-electron chi connectivity index (χ4n) is 3.87. The van der Waals surface area contributed by atoms with Crippen molar-refractivity contribution in [1.29, 1.82) is 0 Å². The van der Waals surface area contributed by atoms with Gasteiger partial charge in [0.15, 0.2) is 0 Å². The quantitative estimate of drug-likeness (QED) is 0.0488. The summed E-state index contributed by atoms with van der Waals surface area (Å²) in [5.41, 5.74) is 0. The summed E-state index contributed by atoms with van der Waals surface area (Å²) in [5, 5.41) is 39.3. The van der Waals surface area contributed by atoms with E-state index in [1.54, 1.807) is 0 Å². The lowest BCUT2D eigenvalue weighted by molar-refractivity contribution is -0.141. The van der Waals surface area contributed by atoms with Gasteiger partial charge < -0.3 is 56.1 Å². The molecule has 0 aromatic rings. The van der Waals surface area contributed by atoms with Crippen molar-refractivity contribution in [2.45, 2.75) is 111 Å². The van der Waals surface area contributed by atoms with Crippen LogP contribution in [0.25, 0.3) is 0 Å². The standard InChI is InChI=1S/C29H51N5O13.2C2H6/c1-21(35)30-13-15-45-17-19-47-20-18-46-16-14-32-24(36)7-5-3-2-4-6-12-31-25(37)10-8-22(27(40)41)33-29(44)34-23(28(42)43)9-11-26(38)39;2*1-2/h22-23H,2-20H2,1H3,(H,30,35)(H,31,37)(H,32,36)(H,38,39)(H,40,41)(H,42,43)(H2,33,34,44);2*1-2H3. The Bertz CT molecular complexity index is 969. The summed E-state index contributed by atoms with van der Waals surface area (Å²) in [6.45, 7) is 13.1. The van der Waals surface area contributed by atoms with Crippen molar-refractivity contribution >= 4 is 41.7 Å². The maximum Gasteiger partial charge on any atom is 0.326 e. The van der Waals surface area contributed by atoms with Gasteiger partial charge >= 0.3 is 23.9 Å². The SMILES string of the molecule is CC.CC.CC(=O)NCCOCCOCCOCCNC(=O)CCCCCCCNC(=O)CCC(NC(=O)NC(CCC(=O)O)C(=O)O)C(=O)O. The van der Waals surface area contributed by atoms with Crippen LogP contribution in [0.2, 0.25) is 0 Å². The number of carboxylic acid groups (broad SMARTS) is 3. The van der Waals surface area contributed by atoms with Gasteiger partial charge in [0.05, 0.1) is 39.6 Å². The highest BCUT2D eigenvalue weighted by Crippen LogP contribution is 2.06. The van der Waals surface area contributed by atoms with Crippen LogP contribution in [-0.2, 0) is 43.0 Å². The van der Waals surface area contributed by atoms with Crippen LogP contribution >= 0.6 is 0 Å². The molecule has 0 heterocycles. The zero-order valence-electron chi connectivity index (χ0n) is 31.0. The third-order valence-electron chi connectivity index (χ3n) is 6.35. The normalized spacial score (nSPS) is 11.2. The smallest absolute Gasteiger partial charge is 0.326 e. The maximum absolute atomic E-state index is 12.1. The van der Waals surface area contributed by atoms with Crippen molar-refractivity contribution in [3.63, 3.8) is 0 Å². The number of nitrogens with one attached hydrogen (secondary N) is 5. The summed E-state index contributed by atoms with van der Waals surface area (Å²) in [6.07, 6.45) is 3.06. The number of carboxylic acids is 3. The van der Waals surface area contributed by atoms with E-state index >= 15 is 0 Å². The highest BCUT2D eigenvalue weighted by molar-refractivity contribution is 5.86. The van der Waals surface area contributed by atoms with Gasteiger partial charge in [-0.2, -0.15) is 0 Å². The van der Waals surface area contributed by atoms with E-state index in [4.69, 9.17) is 24.4 Å². The van der Waals surface area contributed by atoms with E-state index in [2.05, 4.69) is 21.3 Å². The van der Waals surface area contributed by atoms with E-state index < -0.39 is 48.4 Å². The second-order valence-electron chi connectivity index (χ2n) is 10.4. The van der Waals surface area contributed by atoms with Gasteiger partial charge in [0.1, 0.15) is 12.1 Å². The molecule has 0 aromatic carbocycles. The van der Waals surface area contributed by atoms with Crippen molar-refractivity contribution in [3.05, 3.63) is 0 Å². The van der Waals surface area contributed by atoms with Gasteiger partial charge in [-0.1, -0.05) is 47.0 Å². The van der Waals surface area contributed by atoms with E-state index in [1.165, 1.54) is 6.92 Å². The lowest BCUT2D eigenvalue weighted by Crippen LogP contribution is -2.51. The molecule has 2 atom stereocenters. The second-order valence-corrected chi connectivity index (χ2v) is 10.4. The molecule has 0 aliphatic rings. The molecule has 51 heavy (non-hydrogen) atoms. The molecule has 0 aliphatic heterocycles. The van der Waals surface area contributed by atoms with Gasteiger partial charge in [-0.25, -0.2) is 14.4 Å². The van der Waals surface area contributed by atoms with Crippen LogP contribution in [-0.4, -0.2) is 128 Å². The molecule has 5 amide bonds. The Balaban J connectivity index is -0.00000554. The van der Waals surface area contributed by atoms with Crippen molar-refractivity contribution in [2.24, 2.45) is 0 Å². The fourth-order valence-corrected chi connectivity index (χ4v) is 3.87. The Hall–Kier alpha value is -4.03. The van der Waals surface area contributed by atoms with Gasteiger partial charge in [0.2, 0.25) is 17.7 Å². The Morgan fingerprint density at radius 2 is 0.922 bits per heavy atom. The zero-order chi connectivity index (χ0) is 39.3. The van der Waals surface area contributed by atoms with Crippen LogP contribution < -0.4 is 26.6 Å². The number of urea groups is 1. The average molecular weight is 738 g/mol. The van der Waals surface area contributed by atoms with E-state index in [0.717, 1.165) is 25.7 Å². The summed E-state index contributed by atoms with van der Waals surface area (Å²) in [7, 11) is 0. The molecule has 0 saturated heterocycles. The predicted octanol–water partition coefficient (Wildman–Crippen LogP) is 1.65. The van der Waals surface area contributed by atoms with Crippen LogP contribution in [0.3, 0.4) is 0 Å². The molecule has 2 unspecified atom stereocenters. The third kappa shape index (κ3) is 37.1. The summed E-state index contributed by atoms with van der Waals surface area (Å²) in [5.74, 6) is -4.69. The summed E-state index contributed by atoms with van der Waals surface area (Å²) >= 11 is 0. The molecule has 0 spiro atoms. The highest BCUT2D eigenvalue weighted by atomic mass is 16.5. The molecular formula is C33H63N5O13. The Labute approximate surface area is 301 Å². The largest absolute Gasteiger partial charge is 0.481 e. The molecule has 18 nitrogen and oxygen atoms in total. The molecular weight excluding hydrogens is 674 g/mol. The molecule has 0 bridgehead atoms. The van der Waals surface area contributed by atoms with E-state index in [9.17, 15) is 38.7 Å². The number of carbonyl (C=O) groups excluding carboxylic acids is 4. The molecule has 0 saturated carbocycles. The molecule has 0 rings (SSSR count). The van der Waals surface area contributed by atoms with E-state index in [1.807, 2.05) is 33.0 Å². The first-order chi connectivity index (χ1) is 24.4. The molecule has 18 heteroatoms. The first-order valence-corrected chi connectivity index (χ1v) is 17.7. The van der Waals surface area contributed by atoms with E-state index in [0.29, 0.717) is 72.1 Å². The summed E-state index contributed by atoms with van der Waals surface area (Å²) in [4.78, 5) is 80.0. The summed E-state index contributed by atoms with van der Waals surface area (Å²) in [6, 6.07) is -4.07. The van der Waals surface area contributed by atoms with Crippen LogP contribution in [0.4, 0.5) is 4.79 Å². The molecule has 0 fully saturated rings. The van der Waals surface area contributed by atoms with Crippen LogP contribution in [0.15, 0.2) is 0 Å². The number of hydrogen-bond donors (Lipinski definition) is 8. The number of rotatable bonds is 30. The monoisotopic (exact) mass is 737 g/mol. The molecule has 298 valence electrons. The predicted molar refractivity (Wildman–Crippen MR) is 188 cm³/mol. The first kappa shape index (κ1) is 51.3. The van der Waals surface area contributed by atoms with Gasteiger partial charge in [0, 0.05) is 45.8 Å². The first-order valence-electron chi connectivity index (χ1n) is 17.7. The Kier molecular flexibility index (Phi) is 37.5. The lowest BCUT2D eigenvalue weighted by atomic mass is 10.1. The number of hydrogen-bond acceptors (Lipinski definition) is 10. The zero-order valence-corrected chi connectivity index (χ0v) is 31.0. The minimum absolute atomic E-state index is 0.0555. The van der Waals surface area contributed by atoms with Crippen molar-refractivity contribution in [2.75, 3.05) is 59.3 Å². The third-order valence-corrected chi connectivity index (χ3v) is 6.35. The van der Waals surface area contributed by atoms with E-state index in [-0.39, 0.29) is 31.1 Å². The number of carbonyl (C=O) groups is 7. The Morgan fingerprint density at radius 1 is 0.510 bits per heavy atom. The number of amides is 5. The van der Waals surface area contributed by atoms with Crippen molar-refractivity contribution < 1.29 is 63.1 Å². The average Bonchev–Trinajstić information content (AvgIpc) is 3.09. The molecule has 0 radical (unpaired) electrons. The highest BCUT2D eigenvalue weighted by Gasteiger charge is 2.25. The molecule has 0 aliphatic carbocycles. The lowest BCUT2D eigenvalue weighted by Gasteiger charge is -2.18. The van der Waals surface area contributed by atoms with Gasteiger partial charge in [-0.05, 0) is 25.7 Å². The van der Waals surface area contributed by atoms with Crippen molar-refractivity contribution in [3.8, 4) is 0 Å². The number of aliphatic carboxylic acids is 3. The fraction of sp³-hybridized carbons (Fsp3) is 0.788. The molecule has 8 N–H and O–H groups in total. The topological polar surface area (TPSA) is 268 Å². The van der Waals surface area contributed by atoms with Gasteiger partial charge in [0.25, 0.3) is 0 Å². The van der Waals surface area contributed by atoms with Crippen molar-refractivity contribution in [1.82, 2.24) is 26.6 Å². The Morgan fingerprint density at radius 3 is 1.41 bits per heavy atom.